The van der Waals surface area contributed by atoms with Crippen LogP contribution in [-0.2, 0) is 21.9 Å². The van der Waals surface area contributed by atoms with Crippen molar-refractivity contribution in [3.63, 3.8) is 0 Å². The number of carbonyl (C=O) groups excluding carboxylic acids is 1. The number of nitrogens with zero attached hydrogens (tertiary/aromatic N) is 1. The highest BCUT2D eigenvalue weighted by Crippen LogP contribution is 2.26. The number of hydrogen-bond donors (Lipinski definition) is 2. The molecule has 0 saturated heterocycles. The minimum Gasteiger partial charge on any atom is -0.377 e. The SMILES string of the molecule is Cc1sc2nc(CS[C@H](C)C(=O)NCCCOCc3ccccc3)[nH]c(=O)c2c1C. The number of fused-ring (bicyclic) bond motifs is 1. The summed E-state index contributed by atoms with van der Waals surface area (Å²) in [6, 6.07) is 10.0. The number of hydrogen-bond acceptors (Lipinski definition) is 6. The van der Waals surface area contributed by atoms with Crippen molar-refractivity contribution in [1.82, 2.24) is 15.3 Å². The van der Waals surface area contributed by atoms with Gasteiger partial charge in [-0.15, -0.1) is 23.1 Å². The summed E-state index contributed by atoms with van der Waals surface area (Å²) in [6.45, 7) is 7.56. The van der Waals surface area contributed by atoms with Crippen molar-refractivity contribution in [2.45, 2.75) is 44.8 Å². The molecule has 160 valence electrons. The Morgan fingerprint density at radius 3 is 2.83 bits per heavy atom. The largest absolute Gasteiger partial charge is 0.377 e. The third kappa shape index (κ3) is 5.93. The zero-order valence-corrected chi connectivity index (χ0v) is 19.1. The van der Waals surface area contributed by atoms with E-state index in [2.05, 4.69) is 15.3 Å². The topological polar surface area (TPSA) is 84.1 Å². The van der Waals surface area contributed by atoms with Gasteiger partial charge in [0.25, 0.3) is 5.56 Å². The third-order valence-corrected chi connectivity index (χ3v) is 7.06. The van der Waals surface area contributed by atoms with Gasteiger partial charge in [-0.05, 0) is 38.3 Å². The van der Waals surface area contributed by atoms with Crippen LogP contribution in [-0.4, -0.2) is 34.3 Å². The highest BCUT2D eigenvalue weighted by Gasteiger charge is 2.15. The van der Waals surface area contributed by atoms with Crippen molar-refractivity contribution in [3.05, 3.63) is 62.5 Å². The fraction of sp³-hybridized carbons (Fsp3) is 0.409. The first kappa shape index (κ1) is 22.5. The molecule has 0 radical (unpaired) electrons. The number of H-pyrrole nitrogens is 1. The average molecular weight is 446 g/mol. The van der Waals surface area contributed by atoms with Crippen LogP contribution in [0.2, 0.25) is 0 Å². The van der Waals surface area contributed by atoms with Crippen molar-refractivity contribution in [3.8, 4) is 0 Å². The van der Waals surface area contributed by atoms with Gasteiger partial charge < -0.3 is 15.0 Å². The van der Waals surface area contributed by atoms with Crippen molar-refractivity contribution in [2.24, 2.45) is 0 Å². The number of ether oxygens (including phenoxy) is 1. The Balaban J connectivity index is 1.38. The van der Waals surface area contributed by atoms with E-state index in [9.17, 15) is 9.59 Å². The van der Waals surface area contributed by atoms with Gasteiger partial charge in [-0.2, -0.15) is 0 Å². The molecule has 3 aromatic rings. The highest BCUT2D eigenvalue weighted by atomic mass is 32.2. The highest BCUT2D eigenvalue weighted by molar-refractivity contribution is 7.99. The molecule has 0 fully saturated rings. The summed E-state index contributed by atoms with van der Waals surface area (Å²) < 4.78 is 5.63. The molecule has 3 rings (SSSR count). The lowest BCUT2D eigenvalue weighted by Gasteiger charge is -2.12. The van der Waals surface area contributed by atoms with E-state index in [1.54, 1.807) is 0 Å². The first-order chi connectivity index (χ1) is 14.5. The van der Waals surface area contributed by atoms with Gasteiger partial charge in [0.05, 0.1) is 23.0 Å². The lowest BCUT2D eigenvalue weighted by molar-refractivity contribution is -0.120. The molecule has 6 nitrogen and oxygen atoms in total. The van der Waals surface area contributed by atoms with E-state index in [1.165, 1.54) is 23.1 Å². The van der Waals surface area contributed by atoms with Gasteiger partial charge in [0, 0.05) is 18.0 Å². The van der Waals surface area contributed by atoms with Gasteiger partial charge in [0.2, 0.25) is 5.91 Å². The van der Waals surface area contributed by atoms with E-state index in [1.807, 2.05) is 51.1 Å². The standard InChI is InChI=1S/C22H27N3O3S2/c1-14-15(2)30-22-19(14)21(27)24-18(25-22)13-29-16(3)20(26)23-10-7-11-28-12-17-8-5-4-6-9-17/h4-6,8-9,16H,7,10-13H2,1-3H3,(H,23,26)(H,24,25,27)/t16-/m1/s1. The first-order valence-corrected chi connectivity index (χ1v) is 11.8. The lowest BCUT2D eigenvalue weighted by Crippen LogP contribution is -2.32. The van der Waals surface area contributed by atoms with Crippen molar-refractivity contribution in [1.29, 1.82) is 0 Å². The Morgan fingerprint density at radius 2 is 2.07 bits per heavy atom. The van der Waals surface area contributed by atoms with Gasteiger partial charge in [-0.25, -0.2) is 4.98 Å². The molecule has 30 heavy (non-hydrogen) atoms. The molecule has 2 aromatic heterocycles. The molecule has 0 bridgehead atoms. The molecule has 0 unspecified atom stereocenters. The summed E-state index contributed by atoms with van der Waals surface area (Å²) in [5, 5.41) is 3.38. The van der Waals surface area contributed by atoms with Gasteiger partial charge in [0.15, 0.2) is 0 Å². The second-order valence-corrected chi connectivity index (χ2v) is 9.64. The minimum atomic E-state index is -0.233. The Labute approximate surface area is 184 Å². The molecule has 0 spiro atoms. The maximum Gasteiger partial charge on any atom is 0.259 e. The van der Waals surface area contributed by atoms with E-state index in [0.717, 1.165) is 27.3 Å². The summed E-state index contributed by atoms with van der Waals surface area (Å²) in [5.41, 5.74) is 2.03. The summed E-state index contributed by atoms with van der Waals surface area (Å²) >= 11 is 2.99. The normalized spacial score (nSPS) is 12.2. The molecule has 2 heterocycles. The molecule has 1 atom stereocenters. The fourth-order valence-electron chi connectivity index (χ4n) is 2.94. The zero-order valence-electron chi connectivity index (χ0n) is 17.5. The van der Waals surface area contributed by atoms with Crippen LogP contribution in [0.3, 0.4) is 0 Å². The van der Waals surface area contributed by atoms with E-state index in [0.29, 0.717) is 36.7 Å². The third-order valence-electron chi connectivity index (χ3n) is 4.80. The van der Waals surface area contributed by atoms with Crippen molar-refractivity contribution < 1.29 is 9.53 Å². The summed E-state index contributed by atoms with van der Waals surface area (Å²) in [7, 11) is 0. The fourth-order valence-corrected chi connectivity index (χ4v) is 4.77. The number of benzene rings is 1. The van der Waals surface area contributed by atoms with Gasteiger partial charge >= 0.3 is 0 Å². The second-order valence-electron chi connectivity index (χ2n) is 7.11. The number of aryl methyl sites for hydroxylation is 2. The predicted molar refractivity (Wildman–Crippen MR) is 124 cm³/mol. The molecule has 0 aliphatic heterocycles. The number of aromatic nitrogens is 2. The Morgan fingerprint density at radius 1 is 1.30 bits per heavy atom. The molecule has 1 amide bonds. The van der Waals surface area contributed by atoms with Crippen LogP contribution < -0.4 is 10.9 Å². The quantitative estimate of drug-likeness (QED) is 0.462. The van der Waals surface area contributed by atoms with Gasteiger partial charge in [-0.3, -0.25) is 9.59 Å². The van der Waals surface area contributed by atoms with E-state index < -0.39 is 0 Å². The van der Waals surface area contributed by atoms with Crippen molar-refractivity contribution in [2.75, 3.05) is 13.2 Å². The Kier molecular flexibility index (Phi) is 8.07. The molecule has 0 saturated carbocycles. The van der Waals surface area contributed by atoms with Crippen LogP contribution in [0.1, 0.15) is 35.2 Å². The van der Waals surface area contributed by atoms with E-state index in [4.69, 9.17) is 4.74 Å². The molecule has 8 heteroatoms. The molecular weight excluding hydrogens is 418 g/mol. The van der Waals surface area contributed by atoms with E-state index in [-0.39, 0.29) is 16.7 Å². The number of thioether (sulfide) groups is 1. The van der Waals surface area contributed by atoms with E-state index >= 15 is 0 Å². The van der Waals surface area contributed by atoms with Gasteiger partial charge in [0.1, 0.15) is 10.7 Å². The lowest BCUT2D eigenvalue weighted by atomic mass is 10.2. The molecule has 1 aromatic carbocycles. The summed E-state index contributed by atoms with van der Waals surface area (Å²) in [5.74, 6) is 1.07. The van der Waals surface area contributed by atoms with Crippen LogP contribution in [0.15, 0.2) is 35.1 Å². The molecular formula is C22H27N3O3S2. The zero-order chi connectivity index (χ0) is 21.5. The number of nitrogens with one attached hydrogen (secondary N) is 2. The number of amides is 1. The average Bonchev–Trinajstić information content (AvgIpc) is 3.03. The van der Waals surface area contributed by atoms with Crippen LogP contribution in [0.5, 0.6) is 0 Å². The first-order valence-electron chi connectivity index (χ1n) is 9.95. The van der Waals surface area contributed by atoms with Gasteiger partial charge in [-0.1, -0.05) is 30.3 Å². The number of rotatable bonds is 10. The molecule has 0 aliphatic rings. The predicted octanol–water partition coefficient (Wildman–Crippen LogP) is 3.95. The van der Waals surface area contributed by atoms with Crippen LogP contribution in [0.25, 0.3) is 10.2 Å². The maximum atomic E-state index is 12.3. The number of aromatic amines is 1. The summed E-state index contributed by atoms with van der Waals surface area (Å²) in [4.78, 5) is 33.9. The minimum absolute atomic E-state index is 0.0192. The molecule has 2 N–H and O–H groups in total. The monoisotopic (exact) mass is 445 g/mol. The van der Waals surface area contributed by atoms with Crippen LogP contribution >= 0.6 is 23.1 Å². The number of thiophene rings is 1. The number of carbonyl (C=O) groups is 1. The van der Waals surface area contributed by atoms with Crippen LogP contribution in [0.4, 0.5) is 0 Å². The van der Waals surface area contributed by atoms with Crippen molar-refractivity contribution >= 4 is 39.2 Å². The Hall–Kier alpha value is -2.16. The molecule has 0 aliphatic carbocycles. The van der Waals surface area contributed by atoms with Crippen LogP contribution in [0, 0.1) is 13.8 Å². The summed E-state index contributed by atoms with van der Waals surface area (Å²) in [6.07, 6.45) is 0.762. The Bertz CT molecular complexity index is 1050. The second kappa shape index (κ2) is 10.7. The maximum absolute atomic E-state index is 12.3. The smallest absolute Gasteiger partial charge is 0.259 e.